The second-order valence-electron chi connectivity index (χ2n) is 4.69. The summed E-state index contributed by atoms with van der Waals surface area (Å²) in [7, 11) is 1.58. The molecule has 0 aliphatic carbocycles. The first-order chi connectivity index (χ1) is 9.97. The number of hydrogen-bond acceptors (Lipinski definition) is 4. The monoisotopic (exact) mass is 288 g/mol. The van der Waals surface area contributed by atoms with Crippen molar-refractivity contribution >= 4 is 11.8 Å². The summed E-state index contributed by atoms with van der Waals surface area (Å²) in [6.45, 7) is 7.74. The topological polar surface area (TPSA) is 70.9 Å². The third-order valence-electron chi connectivity index (χ3n) is 2.81. The number of nitrogens with one attached hydrogen (secondary N) is 1. The van der Waals surface area contributed by atoms with Gasteiger partial charge in [0.05, 0.1) is 0 Å². The van der Waals surface area contributed by atoms with E-state index in [-0.39, 0.29) is 5.57 Å². The van der Waals surface area contributed by atoms with Gasteiger partial charge < -0.3 is 4.74 Å². The van der Waals surface area contributed by atoms with Gasteiger partial charge in [-0.3, -0.25) is 15.0 Å². The van der Waals surface area contributed by atoms with Crippen LogP contribution in [0.15, 0.2) is 53.6 Å². The van der Waals surface area contributed by atoms with Crippen LogP contribution in [0.2, 0.25) is 0 Å². The van der Waals surface area contributed by atoms with Crippen molar-refractivity contribution in [2.45, 2.75) is 19.8 Å². The molecule has 0 atom stereocenters. The van der Waals surface area contributed by atoms with Crippen LogP contribution in [0, 0.1) is 0 Å². The zero-order valence-electron chi connectivity index (χ0n) is 12.5. The molecule has 5 nitrogen and oxygen atoms in total. The van der Waals surface area contributed by atoms with Crippen molar-refractivity contribution in [3.8, 4) is 5.75 Å². The number of hydrogen-bond donors (Lipinski definition) is 2. The van der Waals surface area contributed by atoms with Gasteiger partial charge in [0, 0.05) is 18.7 Å². The Kier molecular flexibility index (Phi) is 6.36. The lowest BCUT2D eigenvalue weighted by molar-refractivity contribution is -0.124. The first-order valence-electron chi connectivity index (χ1n) is 6.54. The molecule has 0 spiro atoms. The van der Waals surface area contributed by atoms with Crippen LogP contribution in [0.4, 0.5) is 0 Å². The Balaban J connectivity index is 2.73. The van der Waals surface area contributed by atoms with Crippen molar-refractivity contribution in [3.05, 3.63) is 54.1 Å². The summed E-state index contributed by atoms with van der Waals surface area (Å²) in [6, 6.07) is 7.72. The molecule has 1 aromatic carbocycles. The summed E-state index contributed by atoms with van der Waals surface area (Å²) in [4.78, 5) is 15.0. The maximum absolute atomic E-state index is 11.1. The number of carbonyl (C=O) groups is 1. The Morgan fingerprint density at radius 3 is 2.43 bits per heavy atom. The van der Waals surface area contributed by atoms with Gasteiger partial charge in [-0.15, -0.1) is 0 Å². The predicted molar refractivity (Wildman–Crippen MR) is 82.7 cm³/mol. The van der Waals surface area contributed by atoms with Gasteiger partial charge in [-0.1, -0.05) is 32.6 Å². The lowest BCUT2D eigenvalue weighted by Crippen LogP contribution is -2.19. The maximum Gasteiger partial charge on any atom is 0.274 e. The van der Waals surface area contributed by atoms with Gasteiger partial charge >= 0.3 is 0 Å². The fourth-order valence-electron chi connectivity index (χ4n) is 1.52. The molecule has 1 amide bonds. The summed E-state index contributed by atoms with van der Waals surface area (Å²) in [5, 5.41) is 8.48. The molecule has 0 heterocycles. The van der Waals surface area contributed by atoms with Crippen LogP contribution in [-0.4, -0.2) is 24.1 Å². The van der Waals surface area contributed by atoms with E-state index in [2.05, 4.69) is 25.4 Å². The van der Waals surface area contributed by atoms with Crippen LogP contribution in [0.5, 0.6) is 5.75 Å². The molecule has 112 valence electrons. The van der Waals surface area contributed by atoms with Crippen molar-refractivity contribution in [1.82, 2.24) is 5.48 Å². The molecule has 21 heavy (non-hydrogen) atoms. The fourth-order valence-corrected chi connectivity index (χ4v) is 1.52. The van der Waals surface area contributed by atoms with Crippen molar-refractivity contribution in [1.29, 1.82) is 0 Å². The molecule has 0 bridgehead atoms. The Morgan fingerprint density at radius 2 is 1.95 bits per heavy atom. The first-order valence-corrected chi connectivity index (χ1v) is 6.54. The van der Waals surface area contributed by atoms with Gasteiger partial charge in [0.2, 0.25) is 5.90 Å². The second-order valence-corrected chi connectivity index (χ2v) is 4.69. The van der Waals surface area contributed by atoms with Crippen molar-refractivity contribution < 1.29 is 14.7 Å². The molecule has 0 saturated carbocycles. The highest BCUT2D eigenvalue weighted by molar-refractivity contribution is 5.97. The van der Waals surface area contributed by atoms with Crippen molar-refractivity contribution in [2.75, 3.05) is 7.05 Å². The third kappa shape index (κ3) is 5.24. The van der Waals surface area contributed by atoms with E-state index in [4.69, 9.17) is 9.94 Å². The molecule has 0 aliphatic heterocycles. The van der Waals surface area contributed by atoms with E-state index < -0.39 is 5.91 Å². The number of rotatable bonds is 5. The average Bonchev–Trinajstić information content (AvgIpc) is 2.50. The van der Waals surface area contributed by atoms with Gasteiger partial charge in [-0.25, -0.2) is 5.48 Å². The number of hydroxylamine groups is 1. The van der Waals surface area contributed by atoms with E-state index in [1.165, 1.54) is 23.2 Å². The standard InChI is InChI=1S/C16H20N2O3/c1-11(2)13-6-8-14(9-7-13)21-15(17-4)10-5-12(3)16(19)18-20/h5-11,20H,3H2,1-2,4H3,(H,18,19)/b10-5-,17-15?. The minimum absolute atomic E-state index is 0.0948. The zero-order chi connectivity index (χ0) is 15.8. The van der Waals surface area contributed by atoms with E-state index in [0.717, 1.165) is 0 Å². The van der Waals surface area contributed by atoms with Crippen LogP contribution in [0.3, 0.4) is 0 Å². The van der Waals surface area contributed by atoms with Crippen LogP contribution in [0.1, 0.15) is 25.3 Å². The van der Waals surface area contributed by atoms with Gasteiger partial charge in [0.1, 0.15) is 5.75 Å². The number of nitrogens with zero attached hydrogens (tertiary/aromatic N) is 1. The smallest absolute Gasteiger partial charge is 0.274 e. The molecular weight excluding hydrogens is 268 g/mol. The largest absolute Gasteiger partial charge is 0.439 e. The van der Waals surface area contributed by atoms with E-state index in [0.29, 0.717) is 17.6 Å². The Bertz CT molecular complexity index is 557. The molecule has 0 aromatic heterocycles. The van der Waals surface area contributed by atoms with E-state index in [1.807, 2.05) is 24.3 Å². The summed E-state index contributed by atoms with van der Waals surface area (Å²) in [5.41, 5.74) is 2.82. The van der Waals surface area contributed by atoms with Crippen molar-refractivity contribution in [2.24, 2.45) is 4.99 Å². The summed E-state index contributed by atoms with van der Waals surface area (Å²) >= 11 is 0. The van der Waals surface area contributed by atoms with Crippen LogP contribution in [-0.2, 0) is 4.79 Å². The number of carbonyl (C=O) groups excluding carboxylic acids is 1. The Labute approximate surface area is 124 Å². The SMILES string of the molecule is C=C(/C=C\C(=NC)Oc1ccc(C(C)C)cc1)C(=O)NO. The average molecular weight is 288 g/mol. The molecule has 0 aliphatic rings. The highest BCUT2D eigenvalue weighted by atomic mass is 16.5. The van der Waals surface area contributed by atoms with E-state index in [9.17, 15) is 4.79 Å². The van der Waals surface area contributed by atoms with Gasteiger partial charge in [-0.2, -0.15) is 0 Å². The number of ether oxygens (including phenoxy) is 1. The van der Waals surface area contributed by atoms with E-state index in [1.54, 1.807) is 7.05 Å². The lowest BCUT2D eigenvalue weighted by Gasteiger charge is -2.08. The Hall–Kier alpha value is -2.40. The fraction of sp³-hybridized carbons (Fsp3) is 0.250. The second kappa shape index (κ2) is 8.01. The molecule has 2 N–H and O–H groups in total. The maximum atomic E-state index is 11.1. The summed E-state index contributed by atoms with van der Waals surface area (Å²) in [6.07, 6.45) is 2.92. The third-order valence-corrected chi connectivity index (χ3v) is 2.81. The number of amides is 1. The number of aliphatic imine (C=N–C) groups is 1. The van der Waals surface area contributed by atoms with Gasteiger partial charge in [0.25, 0.3) is 5.91 Å². The van der Waals surface area contributed by atoms with E-state index >= 15 is 0 Å². The normalized spacial score (nSPS) is 11.8. The molecule has 5 heteroatoms. The van der Waals surface area contributed by atoms with Gasteiger partial charge in [0.15, 0.2) is 0 Å². The lowest BCUT2D eigenvalue weighted by atomic mass is 10.0. The minimum Gasteiger partial charge on any atom is -0.439 e. The molecule has 1 aromatic rings. The van der Waals surface area contributed by atoms with Crippen molar-refractivity contribution in [3.63, 3.8) is 0 Å². The van der Waals surface area contributed by atoms with Crippen LogP contribution >= 0.6 is 0 Å². The predicted octanol–water partition coefficient (Wildman–Crippen LogP) is 2.83. The molecule has 0 unspecified atom stereocenters. The van der Waals surface area contributed by atoms with Crippen LogP contribution < -0.4 is 10.2 Å². The molecule has 0 fully saturated rings. The highest BCUT2D eigenvalue weighted by Gasteiger charge is 2.04. The molecule has 0 radical (unpaired) electrons. The summed E-state index contributed by atoms with van der Waals surface area (Å²) in [5.74, 6) is 0.766. The minimum atomic E-state index is -0.678. The summed E-state index contributed by atoms with van der Waals surface area (Å²) < 4.78 is 5.59. The zero-order valence-corrected chi connectivity index (χ0v) is 12.5. The molecule has 1 rings (SSSR count). The Morgan fingerprint density at radius 1 is 1.33 bits per heavy atom. The molecule has 0 saturated heterocycles. The quantitative estimate of drug-likeness (QED) is 0.218. The highest BCUT2D eigenvalue weighted by Crippen LogP contribution is 2.18. The molecular formula is C16H20N2O3. The number of benzene rings is 1. The van der Waals surface area contributed by atoms with Crippen LogP contribution in [0.25, 0.3) is 0 Å². The first kappa shape index (κ1) is 16.7. The van der Waals surface area contributed by atoms with Gasteiger partial charge in [-0.05, 0) is 29.7 Å².